The average molecular weight is 254 g/mol. The smallest absolute Gasteiger partial charge is 0.356 e. The highest BCUT2D eigenvalue weighted by Gasteiger charge is 2.14. The molecule has 0 aliphatic rings. The fourth-order valence-electron chi connectivity index (χ4n) is 0.502. The molecule has 0 spiro atoms. The third-order valence-corrected chi connectivity index (χ3v) is 3.63. The van der Waals surface area contributed by atoms with Crippen LogP contribution in [0.3, 0.4) is 0 Å². The molecule has 0 atom stereocenters. The molecule has 0 radical (unpaired) electrons. The molecule has 0 aliphatic carbocycles. The molecule has 0 aromatic carbocycles. The first-order chi connectivity index (χ1) is 5.15. The number of nitrogens with zero attached hydrogens (tertiary/aromatic N) is 1. The number of hydrogen-bond acceptors (Lipinski definition) is 4. The third kappa shape index (κ3) is 1.94. The minimum Gasteiger partial charge on any atom is -0.476 e. The first kappa shape index (κ1) is 9.02. The van der Waals surface area contributed by atoms with Crippen molar-refractivity contribution < 1.29 is 9.90 Å². The normalized spacial score (nSPS) is 10.0. The zero-order valence-electron chi connectivity index (χ0n) is 5.50. The summed E-state index contributed by atoms with van der Waals surface area (Å²) in [6.45, 7) is 0. The van der Waals surface area contributed by atoms with Crippen LogP contribution in [0, 0.1) is 0 Å². The summed E-state index contributed by atoms with van der Waals surface area (Å²) in [6.07, 6.45) is 1.86. The standard InChI is InChI=1S/C5H4BrNO2S2/c1-10-5-7-2(4(8)9)3(6)11-5/h1H3,(H,8,9). The van der Waals surface area contributed by atoms with Crippen LogP contribution in [0.15, 0.2) is 8.13 Å². The third-order valence-electron chi connectivity index (χ3n) is 0.943. The van der Waals surface area contributed by atoms with Gasteiger partial charge in [-0.05, 0) is 22.2 Å². The van der Waals surface area contributed by atoms with Gasteiger partial charge in [0.2, 0.25) is 0 Å². The fourth-order valence-corrected chi connectivity index (χ4v) is 2.83. The number of thioether (sulfide) groups is 1. The molecule has 0 aliphatic heterocycles. The van der Waals surface area contributed by atoms with Crippen LogP contribution < -0.4 is 0 Å². The molecule has 6 heteroatoms. The van der Waals surface area contributed by atoms with Crippen molar-refractivity contribution in [2.75, 3.05) is 6.26 Å². The number of carbonyl (C=O) groups is 1. The van der Waals surface area contributed by atoms with Gasteiger partial charge in [0.25, 0.3) is 0 Å². The van der Waals surface area contributed by atoms with Crippen molar-refractivity contribution in [1.82, 2.24) is 4.98 Å². The van der Waals surface area contributed by atoms with Crippen LogP contribution in [-0.4, -0.2) is 22.3 Å². The van der Waals surface area contributed by atoms with Crippen molar-refractivity contribution in [3.63, 3.8) is 0 Å². The highest BCUT2D eigenvalue weighted by molar-refractivity contribution is 9.11. The van der Waals surface area contributed by atoms with E-state index in [-0.39, 0.29) is 5.69 Å². The van der Waals surface area contributed by atoms with E-state index in [2.05, 4.69) is 20.9 Å². The number of carboxylic acid groups (broad SMARTS) is 1. The number of rotatable bonds is 2. The van der Waals surface area contributed by atoms with Gasteiger partial charge in [0, 0.05) is 0 Å². The van der Waals surface area contributed by atoms with Crippen molar-refractivity contribution in [2.45, 2.75) is 4.34 Å². The minimum atomic E-state index is -0.992. The highest BCUT2D eigenvalue weighted by atomic mass is 79.9. The lowest BCUT2D eigenvalue weighted by molar-refractivity contribution is 0.0690. The lowest BCUT2D eigenvalue weighted by atomic mass is 10.5. The number of halogens is 1. The molecule has 0 saturated carbocycles. The Balaban J connectivity index is 3.07. The van der Waals surface area contributed by atoms with Crippen LogP contribution >= 0.6 is 39.0 Å². The van der Waals surface area contributed by atoms with E-state index in [1.54, 1.807) is 0 Å². The largest absolute Gasteiger partial charge is 0.476 e. The Hall–Kier alpha value is -0.0700. The molecule has 60 valence electrons. The molecule has 11 heavy (non-hydrogen) atoms. The molecule has 0 amide bonds. The van der Waals surface area contributed by atoms with Gasteiger partial charge in [-0.15, -0.1) is 0 Å². The van der Waals surface area contributed by atoms with Gasteiger partial charge in [-0.1, -0.05) is 23.1 Å². The maximum absolute atomic E-state index is 10.5. The maximum Gasteiger partial charge on any atom is 0.356 e. The van der Waals surface area contributed by atoms with Crippen LogP contribution in [0.25, 0.3) is 0 Å². The minimum absolute atomic E-state index is 0.0966. The summed E-state index contributed by atoms with van der Waals surface area (Å²) in [5.74, 6) is -0.992. The molecule has 1 aromatic heterocycles. The SMILES string of the molecule is CSc1nc(C(=O)O)c(Br)s1. The summed E-state index contributed by atoms with van der Waals surface area (Å²) in [6, 6.07) is 0. The molecule has 0 bridgehead atoms. The first-order valence-corrected chi connectivity index (χ1v) is 5.42. The maximum atomic E-state index is 10.5. The Morgan fingerprint density at radius 3 is 2.73 bits per heavy atom. The Bertz CT molecular complexity index is 286. The van der Waals surface area contributed by atoms with E-state index in [1.807, 2.05) is 6.26 Å². The Kier molecular flexibility index (Phi) is 2.91. The van der Waals surface area contributed by atoms with Crippen LogP contribution in [0.1, 0.15) is 10.5 Å². The zero-order valence-corrected chi connectivity index (χ0v) is 8.72. The fraction of sp³-hybridized carbons (Fsp3) is 0.200. The van der Waals surface area contributed by atoms with E-state index in [4.69, 9.17) is 5.11 Å². The second-order valence-electron chi connectivity index (χ2n) is 1.61. The van der Waals surface area contributed by atoms with E-state index in [0.717, 1.165) is 4.34 Å². The lowest BCUT2D eigenvalue weighted by Crippen LogP contribution is -1.96. The van der Waals surface area contributed by atoms with E-state index >= 15 is 0 Å². The van der Waals surface area contributed by atoms with E-state index in [1.165, 1.54) is 23.1 Å². The van der Waals surface area contributed by atoms with Crippen LogP contribution in [0.5, 0.6) is 0 Å². The molecule has 0 saturated heterocycles. The van der Waals surface area contributed by atoms with Gasteiger partial charge in [0.05, 0.1) is 0 Å². The van der Waals surface area contributed by atoms with Crippen LogP contribution in [0.4, 0.5) is 0 Å². The topological polar surface area (TPSA) is 50.2 Å². The van der Waals surface area contributed by atoms with Gasteiger partial charge < -0.3 is 5.11 Å². The number of hydrogen-bond donors (Lipinski definition) is 1. The van der Waals surface area contributed by atoms with E-state index < -0.39 is 5.97 Å². The summed E-state index contributed by atoms with van der Waals surface area (Å²) in [7, 11) is 0. The Morgan fingerprint density at radius 1 is 1.82 bits per heavy atom. The summed E-state index contributed by atoms with van der Waals surface area (Å²) in [5.41, 5.74) is 0.0966. The van der Waals surface area contributed by atoms with Crippen molar-refractivity contribution in [3.05, 3.63) is 9.48 Å². The van der Waals surface area contributed by atoms with Crippen molar-refractivity contribution in [2.24, 2.45) is 0 Å². The van der Waals surface area contributed by atoms with E-state index in [0.29, 0.717) is 3.79 Å². The van der Waals surface area contributed by atoms with Gasteiger partial charge in [-0.25, -0.2) is 9.78 Å². The summed E-state index contributed by atoms with van der Waals surface area (Å²) >= 11 is 5.89. The zero-order chi connectivity index (χ0) is 8.43. The molecule has 1 rings (SSSR count). The molecule has 0 unspecified atom stereocenters. The average Bonchev–Trinajstić information content (AvgIpc) is 2.30. The van der Waals surface area contributed by atoms with Crippen molar-refractivity contribution in [3.8, 4) is 0 Å². The van der Waals surface area contributed by atoms with Gasteiger partial charge in [-0.2, -0.15) is 0 Å². The summed E-state index contributed by atoms with van der Waals surface area (Å²) in [4.78, 5) is 14.3. The molecule has 1 heterocycles. The van der Waals surface area contributed by atoms with E-state index in [9.17, 15) is 4.79 Å². The molecular weight excluding hydrogens is 250 g/mol. The molecular formula is C5H4BrNO2S2. The Morgan fingerprint density at radius 2 is 2.45 bits per heavy atom. The number of aromatic carboxylic acids is 1. The number of thiazole rings is 1. The predicted octanol–water partition coefficient (Wildman–Crippen LogP) is 2.33. The summed E-state index contributed by atoms with van der Waals surface area (Å²) < 4.78 is 1.34. The first-order valence-electron chi connectivity index (χ1n) is 2.58. The Labute approximate surface area is 80.0 Å². The van der Waals surface area contributed by atoms with Gasteiger partial charge in [0.1, 0.15) is 3.79 Å². The molecule has 1 aromatic rings. The van der Waals surface area contributed by atoms with Crippen LogP contribution in [-0.2, 0) is 0 Å². The summed E-state index contributed by atoms with van der Waals surface area (Å²) in [5, 5.41) is 8.58. The second-order valence-corrected chi connectivity index (χ2v) is 4.98. The predicted molar refractivity (Wildman–Crippen MR) is 48.6 cm³/mol. The van der Waals surface area contributed by atoms with Gasteiger partial charge in [-0.3, -0.25) is 0 Å². The van der Waals surface area contributed by atoms with Crippen molar-refractivity contribution in [1.29, 1.82) is 0 Å². The second kappa shape index (κ2) is 3.55. The van der Waals surface area contributed by atoms with Crippen LogP contribution in [0.2, 0.25) is 0 Å². The quantitative estimate of drug-likeness (QED) is 0.823. The molecule has 0 fully saturated rings. The number of carboxylic acids is 1. The van der Waals surface area contributed by atoms with Gasteiger partial charge >= 0.3 is 5.97 Å². The molecule has 1 N–H and O–H groups in total. The molecule has 3 nitrogen and oxygen atoms in total. The van der Waals surface area contributed by atoms with Gasteiger partial charge in [0.15, 0.2) is 10.0 Å². The number of aromatic nitrogens is 1. The highest BCUT2D eigenvalue weighted by Crippen LogP contribution is 2.29. The lowest BCUT2D eigenvalue weighted by Gasteiger charge is -1.83. The van der Waals surface area contributed by atoms with Crippen molar-refractivity contribution >= 4 is 45.0 Å². The monoisotopic (exact) mass is 253 g/mol.